The number of hydrogen-bond donors (Lipinski definition) is 0. The molecule has 0 unspecified atom stereocenters. The number of methoxy groups -OCH3 is 2. The number of halogens is 3. The van der Waals surface area contributed by atoms with E-state index < -0.39 is 26.6 Å². The number of aryl methyl sites for hydroxylation is 1. The first-order valence-corrected chi connectivity index (χ1v) is 11.1. The SMILES string of the molecule is COc1ccc(CN(c2ncc(Cl)s2)S(=O)(=O)c2cc(C)c(F)cc2F)c(OC)c1. The zero-order valence-corrected chi connectivity index (χ0v) is 18.5. The fourth-order valence-electron chi connectivity index (χ4n) is 2.70. The molecule has 0 aliphatic carbocycles. The van der Waals surface area contributed by atoms with E-state index in [1.807, 2.05) is 0 Å². The third-order valence-corrected chi connectivity index (χ3v) is 7.27. The van der Waals surface area contributed by atoms with E-state index in [-0.39, 0.29) is 21.6 Å². The van der Waals surface area contributed by atoms with Crippen LogP contribution in [0.25, 0.3) is 0 Å². The molecule has 0 aliphatic heterocycles. The minimum Gasteiger partial charge on any atom is -0.497 e. The lowest BCUT2D eigenvalue weighted by Gasteiger charge is -2.23. The Hall–Kier alpha value is -2.43. The van der Waals surface area contributed by atoms with Crippen LogP contribution >= 0.6 is 22.9 Å². The van der Waals surface area contributed by atoms with E-state index >= 15 is 0 Å². The van der Waals surface area contributed by atoms with Crippen molar-refractivity contribution in [3.05, 3.63) is 63.6 Å². The van der Waals surface area contributed by atoms with E-state index in [2.05, 4.69) is 4.98 Å². The first-order valence-electron chi connectivity index (χ1n) is 8.48. The summed E-state index contributed by atoms with van der Waals surface area (Å²) in [6, 6.07) is 6.36. The van der Waals surface area contributed by atoms with Crippen molar-refractivity contribution in [1.82, 2.24) is 4.98 Å². The Kier molecular flexibility index (Phi) is 6.49. The third kappa shape index (κ3) is 4.35. The Morgan fingerprint density at radius 2 is 1.87 bits per heavy atom. The second-order valence-electron chi connectivity index (χ2n) is 6.17. The highest BCUT2D eigenvalue weighted by molar-refractivity contribution is 7.93. The van der Waals surface area contributed by atoms with Crippen LogP contribution in [0.3, 0.4) is 0 Å². The summed E-state index contributed by atoms with van der Waals surface area (Å²) in [5, 5.41) is 0.0271. The highest BCUT2D eigenvalue weighted by Crippen LogP contribution is 2.35. The number of ether oxygens (including phenoxy) is 2. The summed E-state index contributed by atoms with van der Waals surface area (Å²) in [7, 11) is -1.54. The van der Waals surface area contributed by atoms with Crippen LogP contribution in [0.15, 0.2) is 41.4 Å². The van der Waals surface area contributed by atoms with Crippen molar-refractivity contribution >= 4 is 38.1 Å². The lowest BCUT2D eigenvalue weighted by molar-refractivity contribution is 0.391. The van der Waals surface area contributed by atoms with Gasteiger partial charge in [-0.1, -0.05) is 22.9 Å². The summed E-state index contributed by atoms with van der Waals surface area (Å²) >= 11 is 6.86. The minimum atomic E-state index is -4.46. The van der Waals surface area contributed by atoms with Gasteiger partial charge in [-0.25, -0.2) is 26.5 Å². The molecule has 0 saturated carbocycles. The molecule has 1 aromatic heterocycles. The van der Waals surface area contributed by atoms with Crippen LogP contribution in [0.5, 0.6) is 11.5 Å². The van der Waals surface area contributed by atoms with Crippen LogP contribution in [0, 0.1) is 18.6 Å². The monoisotopic (exact) mass is 474 g/mol. The van der Waals surface area contributed by atoms with Gasteiger partial charge in [-0.05, 0) is 30.7 Å². The van der Waals surface area contributed by atoms with Gasteiger partial charge < -0.3 is 9.47 Å². The first kappa shape index (κ1) is 22.3. The van der Waals surface area contributed by atoms with E-state index in [4.69, 9.17) is 21.1 Å². The molecule has 0 saturated heterocycles. The van der Waals surface area contributed by atoms with Crippen LogP contribution in [0.1, 0.15) is 11.1 Å². The Bertz CT molecular complexity index is 1190. The summed E-state index contributed by atoms with van der Waals surface area (Å²) in [6.45, 7) is 1.13. The lowest BCUT2D eigenvalue weighted by atomic mass is 10.2. The number of hydrogen-bond acceptors (Lipinski definition) is 6. The quantitative estimate of drug-likeness (QED) is 0.492. The number of anilines is 1. The predicted octanol–water partition coefficient (Wildman–Crippen LogP) is 4.80. The highest BCUT2D eigenvalue weighted by atomic mass is 35.5. The number of aromatic nitrogens is 1. The molecule has 6 nitrogen and oxygen atoms in total. The molecule has 0 bridgehead atoms. The molecular weight excluding hydrogens is 458 g/mol. The Morgan fingerprint density at radius 3 is 2.47 bits per heavy atom. The molecular formula is C19H17ClF2N2O4S2. The fourth-order valence-corrected chi connectivity index (χ4v) is 5.34. The van der Waals surface area contributed by atoms with Crippen molar-refractivity contribution in [3.8, 4) is 11.5 Å². The average molecular weight is 475 g/mol. The zero-order valence-electron chi connectivity index (χ0n) is 16.1. The maximum atomic E-state index is 14.5. The summed E-state index contributed by atoms with van der Waals surface area (Å²) in [5.74, 6) is -1.16. The summed E-state index contributed by atoms with van der Waals surface area (Å²) < 4.78 is 66.6. The van der Waals surface area contributed by atoms with Crippen LogP contribution < -0.4 is 13.8 Å². The molecule has 160 valence electrons. The van der Waals surface area contributed by atoms with Crippen LogP contribution in [0.2, 0.25) is 4.34 Å². The van der Waals surface area contributed by atoms with Gasteiger partial charge in [0.25, 0.3) is 10.0 Å². The molecule has 0 spiro atoms. The van der Waals surface area contributed by atoms with Gasteiger partial charge in [0, 0.05) is 17.7 Å². The minimum absolute atomic E-state index is 0.00544. The van der Waals surface area contributed by atoms with Crippen molar-refractivity contribution in [1.29, 1.82) is 0 Å². The average Bonchev–Trinajstić information content (AvgIpc) is 3.14. The second kappa shape index (κ2) is 8.75. The Balaban J connectivity index is 2.14. The summed E-state index contributed by atoms with van der Waals surface area (Å²) in [6.07, 6.45) is 1.29. The first-order chi connectivity index (χ1) is 14.2. The molecule has 0 aliphatic rings. The molecule has 0 N–H and O–H groups in total. The summed E-state index contributed by atoms with van der Waals surface area (Å²) in [4.78, 5) is 3.37. The van der Waals surface area contributed by atoms with Crippen molar-refractivity contribution < 1.29 is 26.7 Å². The molecule has 0 atom stereocenters. The maximum Gasteiger partial charge on any atom is 0.269 e. The van der Waals surface area contributed by atoms with E-state index in [0.717, 1.165) is 21.7 Å². The molecule has 0 radical (unpaired) electrons. The van der Waals surface area contributed by atoms with Gasteiger partial charge in [0.1, 0.15) is 32.4 Å². The van der Waals surface area contributed by atoms with Gasteiger partial charge in [-0.2, -0.15) is 0 Å². The van der Waals surface area contributed by atoms with Crippen LogP contribution in [-0.4, -0.2) is 27.6 Å². The molecule has 3 rings (SSSR count). The van der Waals surface area contributed by atoms with Crippen LogP contribution in [-0.2, 0) is 16.6 Å². The van der Waals surface area contributed by atoms with E-state index in [1.165, 1.54) is 27.3 Å². The predicted molar refractivity (Wildman–Crippen MR) is 111 cm³/mol. The molecule has 0 fully saturated rings. The number of benzene rings is 2. The van der Waals surface area contributed by atoms with Gasteiger partial charge >= 0.3 is 0 Å². The molecule has 30 heavy (non-hydrogen) atoms. The zero-order chi connectivity index (χ0) is 22.1. The van der Waals surface area contributed by atoms with Gasteiger partial charge in [-0.3, -0.25) is 0 Å². The number of sulfonamides is 1. The van der Waals surface area contributed by atoms with Crippen molar-refractivity contribution in [2.75, 3.05) is 18.5 Å². The molecule has 3 aromatic rings. The molecule has 1 heterocycles. The number of nitrogens with zero attached hydrogens (tertiary/aromatic N) is 2. The van der Waals surface area contributed by atoms with Gasteiger partial charge in [0.2, 0.25) is 5.13 Å². The normalized spacial score (nSPS) is 11.4. The van der Waals surface area contributed by atoms with Crippen molar-refractivity contribution in [2.45, 2.75) is 18.4 Å². The standard InChI is InChI=1S/C19H17ClF2N2O4S2/c1-11-6-17(15(22)8-14(11)21)30(25,26)24(19-23-9-18(20)29-19)10-12-4-5-13(27-2)7-16(12)28-3/h4-9H,10H2,1-3H3. The van der Waals surface area contributed by atoms with Crippen molar-refractivity contribution in [3.63, 3.8) is 0 Å². The summed E-state index contributed by atoms with van der Waals surface area (Å²) in [5.41, 5.74) is 0.474. The van der Waals surface area contributed by atoms with Crippen LogP contribution in [0.4, 0.5) is 13.9 Å². The van der Waals surface area contributed by atoms with Crippen molar-refractivity contribution in [2.24, 2.45) is 0 Å². The Labute approximate surface area is 181 Å². The smallest absolute Gasteiger partial charge is 0.269 e. The topological polar surface area (TPSA) is 68.7 Å². The van der Waals surface area contributed by atoms with Gasteiger partial charge in [-0.15, -0.1) is 0 Å². The maximum absolute atomic E-state index is 14.5. The van der Waals surface area contributed by atoms with Gasteiger partial charge in [0.15, 0.2) is 0 Å². The fraction of sp³-hybridized carbons (Fsp3) is 0.211. The van der Waals surface area contributed by atoms with Gasteiger partial charge in [0.05, 0.1) is 27.0 Å². The van der Waals surface area contributed by atoms with E-state index in [9.17, 15) is 17.2 Å². The lowest BCUT2D eigenvalue weighted by Crippen LogP contribution is -2.31. The van der Waals surface area contributed by atoms with E-state index in [0.29, 0.717) is 23.1 Å². The van der Waals surface area contributed by atoms with E-state index in [1.54, 1.807) is 18.2 Å². The third-order valence-electron chi connectivity index (χ3n) is 4.27. The molecule has 0 amide bonds. The second-order valence-corrected chi connectivity index (χ2v) is 9.64. The Morgan fingerprint density at radius 1 is 1.13 bits per heavy atom. The highest BCUT2D eigenvalue weighted by Gasteiger charge is 2.31. The number of rotatable bonds is 7. The largest absolute Gasteiger partial charge is 0.497 e. The molecule has 2 aromatic carbocycles. The molecule has 11 heteroatoms. The number of thiazole rings is 1.